The molecule has 2 N–H and O–H groups in total. The van der Waals surface area contributed by atoms with Crippen LogP contribution in [0.1, 0.15) is 43.9 Å². The maximum Gasteiger partial charge on any atom is 0.305 e. The van der Waals surface area contributed by atoms with Gasteiger partial charge in [-0.05, 0) is 31.9 Å². The van der Waals surface area contributed by atoms with Crippen LogP contribution < -0.4 is 5.32 Å². The molecule has 6 heteroatoms. The first-order chi connectivity index (χ1) is 11.3. The van der Waals surface area contributed by atoms with Crippen LogP contribution >= 0.6 is 0 Å². The van der Waals surface area contributed by atoms with E-state index in [9.17, 15) is 14.4 Å². The summed E-state index contributed by atoms with van der Waals surface area (Å²) in [6, 6.07) is 6.86. The predicted molar refractivity (Wildman–Crippen MR) is 89.3 cm³/mol. The third kappa shape index (κ3) is 4.13. The van der Waals surface area contributed by atoms with Gasteiger partial charge in [0.05, 0.1) is 18.4 Å². The highest BCUT2D eigenvalue weighted by molar-refractivity contribution is 5.89. The number of aryl methyl sites for hydroxylation is 1. The number of carboxylic acids is 1. The van der Waals surface area contributed by atoms with Crippen LogP contribution in [0.5, 0.6) is 0 Å². The number of nitrogens with one attached hydrogen (secondary N) is 1. The van der Waals surface area contributed by atoms with E-state index in [4.69, 9.17) is 5.11 Å². The molecule has 0 saturated carbocycles. The van der Waals surface area contributed by atoms with Crippen LogP contribution in [0.3, 0.4) is 0 Å². The van der Waals surface area contributed by atoms with Gasteiger partial charge in [-0.3, -0.25) is 14.4 Å². The summed E-state index contributed by atoms with van der Waals surface area (Å²) in [5.41, 5.74) is 1.72. The Labute approximate surface area is 141 Å². The van der Waals surface area contributed by atoms with Gasteiger partial charge in [-0.2, -0.15) is 0 Å². The molecule has 0 spiro atoms. The average Bonchev–Trinajstić information content (AvgIpc) is 2.89. The molecule has 1 aromatic carbocycles. The third-order valence-corrected chi connectivity index (χ3v) is 4.41. The minimum Gasteiger partial charge on any atom is -0.481 e. The number of nitrogens with zero attached hydrogens (tertiary/aromatic N) is 1. The number of rotatable bonds is 6. The van der Waals surface area contributed by atoms with Crippen molar-refractivity contribution in [3.05, 3.63) is 35.4 Å². The highest BCUT2D eigenvalue weighted by atomic mass is 16.4. The van der Waals surface area contributed by atoms with Crippen LogP contribution in [0.15, 0.2) is 24.3 Å². The Balaban J connectivity index is 2.13. The summed E-state index contributed by atoms with van der Waals surface area (Å²) in [5, 5.41) is 12.0. The van der Waals surface area contributed by atoms with Gasteiger partial charge in [-0.1, -0.05) is 24.3 Å². The van der Waals surface area contributed by atoms with Gasteiger partial charge in [0, 0.05) is 19.0 Å². The quantitative estimate of drug-likeness (QED) is 0.833. The topological polar surface area (TPSA) is 86.7 Å². The lowest BCUT2D eigenvalue weighted by Gasteiger charge is -2.23. The predicted octanol–water partition coefficient (Wildman–Crippen LogP) is 1.88. The van der Waals surface area contributed by atoms with E-state index in [1.54, 1.807) is 4.90 Å². The normalized spacial score (nSPS) is 18.8. The fraction of sp³-hybridized carbons (Fsp3) is 0.500. The maximum atomic E-state index is 12.6. The highest BCUT2D eigenvalue weighted by Crippen LogP contribution is 2.24. The number of carboxylic acid groups (broad SMARTS) is 1. The van der Waals surface area contributed by atoms with Gasteiger partial charge in [-0.25, -0.2) is 0 Å². The number of aliphatic carboxylic acids is 1. The molecule has 1 aromatic rings. The molecule has 2 rings (SSSR count). The van der Waals surface area contributed by atoms with Gasteiger partial charge in [-0.15, -0.1) is 0 Å². The zero-order valence-corrected chi connectivity index (χ0v) is 14.3. The summed E-state index contributed by atoms with van der Waals surface area (Å²) in [7, 11) is 0. The van der Waals surface area contributed by atoms with Crippen molar-refractivity contribution in [2.75, 3.05) is 6.54 Å². The molecule has 1 aliphatic heterocycles. The van der Waals surface area contributed by atoms with Crippen molar-refractivity contribution in [2.45, 2.75) is 45.7 Å². The largest absolute Gasteiger partial charge is 0.481 e. The molecule has 6 nitrogen and oxygen atoms in total. The number of benzene rings is 1. The maximum absolute atomic E-state index is 12.6. The second-order valence-corrected chi connectivity index (χ2v) is 6.56. The number of hydrogen-bond donors (Lipinski definition) is 2. The minimum atomic E-state index is -0.977. The molecular weight excluding hydrogens is 308 g/mol. The van der Waals surface area contributed by atoms with Crippen LogP contribution in [0.4, 0.5) is 0 Å². The smallest absolute Gasteiger partial charge is 0.305 e. The van der Waals surface area contributed by atoms with Gasteiger partial charge in [0.15, 0.2) is 0 Å². The van der Waals surface area contributed by atoms with Crippen molar-refractivity contribution in [1.29, 1.82) is 0 Å². The molecule has 0 radical (unpaired) electrons. The number of amides is 2. The van der Waals surface area contributed by atoms with Crippen molar-refractivity contribution in [1.82, 2.24) is 10.2 Å². The molecule has 0 aliphatic carbocycles. The molecule has 1 fully saturated rings. The van der Waals surface area contributed by atoms with Crippen molar-refractivity contribution in [2.24, 2.45) is 5.92 Å². The number of hydrogen-bond acceptors (Lipinski definition) is 3. The summed E-state index contributed by atoms with van der Waals surface area (Å²) in [6.45, 7) is 6.10. The van der Waals surface area contributed by atoms with E-state index in [-0.39, 0.29) is 30.7 Å². The first-order valence-corrected chi connectivity index (χ1v) is 8.16. The molecule has 1 heterocycles. The van der Waals surface area contributed by atoms with Crippen LogP contribution in [-0.4, -0.2) is 40.4 Å². The van der Waals surface area contributed by atoms with E-state index in [0.29, 0.717) is 6.54 Å². The van der Waals surface area contributed by atoms with E-state index in [1.165, 1.54) is 0 Å². The molecular formula is C18H24N2O4. The molecule has 130 valence electrons. The second kappa shape index (κ2) is 7.47. The Hall–Kier alpha value is -2.37. The monoisotopic (exact) mass is 332 g/mol. The van der Waals surface area contributed by atoms with Gasteiger partial charge in [0.25, 0.3) is 0 Å². The van der Waals surface area contributed by atoms with Crippen LogP contribution in [-0.2, 0) is 14.4 Å². The van der Waals surface area contributed by atoms with E-state index in [0.717, 1.165) is 11.1 Å². The summed E-state index contributed by atoms with van der Waals surface area (Å²) in [6.07, 6.45) is -0.0112. The summed E-state index contributed by atoms with van der Waals surface area (Å²) < 4.78 is 0. The first kappa shape index (κ1) is 18.0. The molecule has 24 heavy (non-hydrogen) atoms. The highest BCUT2D eigenvalue weighted by Gasteiger charge is 2.36. The fourth-order valence-corrected chi connectivity index (χ4v) is 3.09. The Morgan fingerprint density at radius 3 is 2.54 bits per heavy atom. The molecule has 2 atom stereocenters. The van der Waals surface area contributed by atoms with Gasteiger partial charge in [0.1, 0.15) is 0 Å². The van der Waals surface area contributed by atoms with E-state index < -0.39 is 17.9 Å². The molecule has 2 amide bonds. The zero-order chi connectivity index (χ0) is 17.9. The Kier molecular flexibility index (Phi) is 5.59. The molecule has 0 unspecified atom stereocenters. The summed E-state index contributed by atoms with van der Waals surface area (Å²) >= 11 is 0. The third-order valence-electron chi connectivity index (χ3n) is 4.41. The first-order valence-electron chi connectivity index (χ1n) is 8.16. The second-order valence-electron chi connectivity index (χ2n) is 6.56. The Bertz CT molecular complexity index is 642. The number of likely N-dealkylation sites (tertiary alicyclic amines) is 1. The van der Waals surface area contributed by atoms with Crippen molar-refractivity contribution >= 4 is 17.8 Å². The fourth-order valence-electron chi connectivity index (χ4n) is 3.09. The SMILES string of the molecule is Cc1ccccc1[C@H](CC(=O)O)NC(=O)[C@H]1CC(=O)N(C(C)C)C1. The standard InChI is InChI=1S/C18H24N2O4/c1-11(2)20-10-13(8-16(20)21)18(24)19-15(9-17(22)23)14-7-5-4-6-12(14)3/h4-7,11,13,15H,8-10H2,1-3H3,(H,19,24)(H,22,23)/t13-,15-/m0/s1. The lowest BCUT2D eigenvalue weighted by Crippen LogP contribution is -2.37. The zero-order valence-electron chi connectivity index (χ0n) is 14.3. The molecule has 1 aliphatic rings. The summed E-state index contributed by atoms with van der Waals surface area (Å²) in [5.74, 6) is -1.70. The lowest BCUT2D eigenvalue weighted by molar-refractivity contribution is -0.138. The van der Waals surface area contributed by atoms with Gasteiger partial charge in [0.2, 0.25) is 11.8 Å². The van der Waals surface area contributed by atoms with Crippen molar-refractivity contribution in [3.8, 4) is 0 Å². The van der Waals surface area contributed by atoms with Crippen LogP contribution in [0.2, 0.25) is 0 Å². The van der Waals surface area contributed by atoms with E-state index >= 15 is 0 Å². The molecule has 0 bridgehead atoms. The van der Waals surface area contributed by atoms with E-state index in [1.807, 2.05) is 45.0 Å². The van der Waals surface area contributed by atoms with Crippen LogP contribution in [0, 0.1) is 12.8 Å². The minimum absolute atomic E-state index is 0.0316. The molecule has 1 saturated heterocycles. The van der Waals surface area contributed by atoms with Gasteiger partial charge >= 0.3 is 5.97 Å². The van der Waals surface area contributed by atoms with Crippen molar-refractivity contribution in [3.63, 3.8) is 0 Å². The van der Waals surface area contributed by atoms with Crippen molar-refractivity contribution < 1.29 is 19.5 Å². The average molecular weight is 332 g/mol. The van der Waals surface area contributed by atoms with E-state index in [2.05, 4.69) is 5.32 Å². The van der Waals surface area contributed by atoms with Gasteiger partial charge < -0.3 is 15.3 Å². The summed E-state index contributed by atoms with van der Waals surface area (Å²) in [4.78, 5) is 37.4. The Morgan fingerprint density at radius 2 is 2.00 bits per heavy atom. The lowest BCUT2D eigenvalue weighted by atomic mass is 9.97. The molecule has 0 aromatic heterocycles. The Morgan fingerprint density at radius 1 is 1.33 bits per heavy atom. The van der Waals surface area contributed by atoms with Crippen LogP contribution in [0.25, 0.3) is 0 Å². The number of carbonyl (C=O) groups excluding carboxylic acids is 2. The number of carbonyl (C=O) groups is 3.